The molecule has 0 heterocycles. The van der Waals surface area contributed by atoms with Gasteiger partial charge in [0.05, 0.1) is 0 Å². The first kappa shape index (κ1) is 14.5. The maximum absolute atomic E-state index is 2.41. The van der Waals surface area contributed by atoms with Crippen molar-refractivity contribution in [2.24, 2.45) is 0 Å². The number of allylic oxidation sites excluding steroid dienone is 2. The molecule has 0 saturated carbocycles. The Labute approximate surface area is 139 Å². The predicted molar refractivity (Wildman–Crippen MR) is 99.7 cm³/mol. The monoisotopic (exact) mass is 300 g/mol. The average molecular weight is 300 g/mol. The summed E-state index contributed by atoms with van der Waals surface area (Å²) in [7, 11) is 0. The maximum atomic E-state index is 2.41. The van der Waals surface area contributed by atoms with Crippen molar-refractivity contribution in [2.45, 2.75) is 46.5 Å². The van der Waals surface area contributed by atoms with Crippen LogP contribution < -0.4 is 0 Å². The number of hydrogen-bond acceptors (Lipinski definition) is 0. The SMILES string of the molecule is CC1=Cc2c(cc(C)c(C)c2CCC2=Cc3ccccc3C2)C1. The summed E-state index contributed by atoms with van der Waals surface area (Å²) >= 11 is 0. The summed E-state index contributed by atoms with van der Waals surface area (Å²) in [4.78, 5) is 0. The molecule has 0 heteroatoms. The fourth-order valence-electron chi connectivity index (χ4n) is 4.12. The molecule has 0 bridgehead atoms. The van der Waals surface area contributed by atoms with Gasteiger partial charge in [-0.05, 0) is 85.4 Å². The zero-order valence-corrected chi connectivity index (χ0v) is 14.4. The highest BCUT2D eigenvalue weighted by atomic mass is 14.2. The third-order valence-electron chi connectivity index (χ3n) is 5.49. The Morgan fingerprint density at radius 2 is 1.70 bits per heavy atom. The second-order valence-electron chi connectivity index (χ2n) is 7.22. The van der Waals surface area contributed by atoms with Crippen LogP contribution in [0.4, 0.5) is 0 Å². The summed E-state index contributed by atoms with van der Waals surface area (Å²) in [5.41, 5.74) is 13.6. The number of aryl methyl sites for hydroxylation is 1. The Bertz CT molecular complexity index is 847. The first-order valence-corrected chi connectivity index (χ1v) is 8.68. The molecule has 116 valence electrons. The molecule has 0 saturated heterocycles. The van der Waals surface area contributed by atoms with Gasteiger partial charge in [-0.1, -0.05) is 53.6 Å². The number of fused-ring (bicyclic) bond motifs is 2. The van der Waals surface area contributed by atoms with Gasteiger partial charge in [0.1, 0.15) is 0 Å². The minimum atomic E-state index is 1.14. The molecule has 4 rings (SSSR count). The minimum Gasteiger partial charge on any atom is -0.0683 e. The second kappa shape index (κ2) is 5.53. The van der Waals surface area contributed by atoms with Crippen LogP contribution in [-0.4, -0.2) is 0 Å². The Morgan fingerprint density at radius 3 is 2.52 bits per heavy atom. The summed E-state index contributed by atoms with van der Waals surface area (Å²) in [5.74, 6) is 0. The molecule has 0 fully saturated rings. The van der Waals surface area contributed by atoms with Crippen molar-refractivity contribution in [3.8, 4) is 0 Å². The highest BCUT2D eigenvalue weighted by Crippen LogP contribution is 2.34. The van der Waals surface area contributed by atoms with E-state index in [-0.39, 0.29) is 0 Å². The highest BCUT2D eigenvalue weighted by Gasteiger charge is 2.18. The van der Waals surface area contributed by atoms with Crippen molar-refractivity contribution < 1.29 is 0 Å². The molecule has 0 aliphatic heterocycles. The lowest BCUT2D eigenvalue weighted by molar-refractivity contribution is 0.903. The van der Waals surface area contributed by atoms with Crippen molar-refractivity contribution in [1.82, 2.24) is 0 Å². The van der Waals surface area contributed by atoms with E-state index in [1.807, 2.05) is 0 Å². The topological polar surface area (TPSA) is 0 Å². The molecule has 2 aliphatic rings. The van der Waals surface area contributed by atoms with Crippen LogP contribution in [0.3, 0.4) is 0 Å². The number of hydrogen-bond donors (Lipinski definition) is 0. The van der Waals surface area contributed by atoms with Crippen LogP contribution in [0.5, 0.6) is 0 Å². The van der Waals surface area contributed by atoms with Gasteiger partial charge in [0.15, 0.2) is 0 Å². The van der Waals surface area contributed by atoms with Crippen LogP contribution >= 0.6 is 0 Å². The molecule has 0 atom stereocenters. The van der Waals surface area contributed by atoms with Crippen LogP contribution in [0.2, 0.25) is 0 Å². The molecule has 0 N–H and O–H groups in total. The van der Waals surface area contributed by atoms with Crippen LogP contribution in [0.25, 0.3) is 12.2 Å². The van der Waals surface area contributed by atoms with E-state index in [0.717, 1.165) is 12.8 Å². The van der Waals surface area contributed by atoms with Gasteiger partial charge in [0.25, 0.3) is 0 Å². The molecule has 0 unspecified atom stereocenters. The summed E-state index contributed by atoms with van der Waals surface area (Å²) in [6.07, 6.45) is 9.43. The predicted octanol–water partition coefficient (Wildman–Crippen LogP) is 5.84. The minimum absolute atomic E-state index is 1.14. The van der Waals surface area contributed by atoms with Gasteiger partial charge < -0.3 is 0 Å². The summed E-state index contributed by atoms with van der Waals surface area (Å²) in [6, 6.07) is 11.2. The Hall–Kier alpha value is -2.08. The van der Waals surface area contributed by atoms with E-state index < -0.39 is 0 Å². The van der Waals surface area contributed by atoms with E-state index in [9.17, 15) is 0 Å². The Balaban J connectivity index is 1.59. The third-order valence-corrected chi connectivity index (χ3v) is 5.49. The van der Waals surface area contributed by atoms with E-state index in [2.05, 4.69) is 63.3 Å². The van der Waals surface area contributed by atoms with E-state index in [4.69, 9.17) is 0 Å². The van der Waals surface area contributed by atoms with E-state index in [0.29, 0.717) is 0 Å². The molecular formula is C23H24. The molecule has 2 aromatic carbocycles. The van der Waals surface area contributed by atoms with E-state index in [1.54, 1.807) is 11.1 Å². The molecule has 0 aromatic heterocycles. The van der Waals surface area contributed by atoms with E-state index >= 15 is 0 Å². The number of rotatable bonds is 3. The van der Waals surface area contributed by atoms with Gasteiger partial charge in [0.2, 0.25) is 0 Å². The first-order valence-electron chi connectivity index (χ1n) is 8.68. The van der Waals surface area contributed by atoms with Crippen molar-refractivity contribution in [1.29, 1.82) is 0 Å². The van der Waals surface area contributed by atoms with Crippen molar-refractivity contribution in [3.05, 3.63) is 80.4 Å². The van der Waals surface area contributed by atoms with Crippen LogP contribution in [0.15, 0.2) is 41.5 Å². The lowest BCUT2D eigenvalue weighted by Gasteiger charge is -2.15. The molecule has 0 nitrogen and oxygen atoms in total. The molecule has 0 radical (unpaired) electrons. The third kappa shape index (κ3) is 2.57. The zero-order chi connectivity index (χ0) is 16.0. The number of benzene rings is 2. The van der Waals surface area contributed by atoms with Crippen LogP contribution in [0, 0.1) is 13.8 Å². The van der Waals surface area contributed by atoms with Gasteiger partial charge in [-0.15, -0.1) is 0 Å². The van der Waals surface area contributed by atoms with Gasteiger partial charge in [-0.25, -0.2) is 0 Å². The molecular weight excluding hydrogens is 276 g/mol. The van der Waals surface area contributed by atoms with Crippen LogP contribution in [0.1, 0.15) is 52.3 Å². The van der Waals surface area contributed by atoms with Crippen molar-refractivity contribution in [3.63, 3.8) is 0 Å². The maximum Gasteiger partial charge on any atom is -0.00577 e. The second-order valence-corrected chi connectivity index (χ2v) is 7.22. The fourth-order valence-corrected chi connectivity index (χ4v) is 4.12. The normalized spacial score (nSPS) is 15.3. The quantitative estimate of drug-likeness (QED) is 0.668. The Kier molecular flexibility index (Phi) is 3.49. The molecule has 0 amide bonds. The smallest absolute Gasteiger partial charge is 0.00577 e. The lowest BCUT2D eigenvalue weighted by Crippen LogP contribution is -2.00. The molecule has 23 heavy (non-hydrogen) atoms. The first-order chi connectivity index (χ1) is 11.1. The molecule has 0 spiro atoms. The van der Waals surface area contributed by atoms with Crippen molar-refractivity contribution >= 4 is 12.2 Å². The average Bonchev–Trinajstić information content (AvgIpc) is 3.10. The lowest BCUT2D eigenvalue weighted by atomic mass is 9.90. The largest absolute Gasteiger partial charge is 0.0683 e. The van der Waals surface area contributed by atoms with Crippen molar-refractivity contribution in [2.75, 3.05) is 0 Å². The van der Waals surface area contributed by atoms with Gasteiger partial charge in [-0.3, -0.25) is 0 Å². The van der Waals surface area contributed by atoms with Gasteiger partial charge >= 0.3 is 0 Å². The summed E-state index contributed by atoms with van der Waals surface area (Å²) in [5, 5.41) is 0. The summed E-state index contributed by atoms with van der Waals surface area (Å²) in [6.45, 7) is 6.81. The van der Waals surface area contributed by atoms with Gasteiger partial charge in [0, 0.05) is 0 Å². The standard InChI is InChI=1S/C23H24/c1-15-10-21-12-16(2)17(3)22(23(21)11-15)9-8-18-13-19-6-4-5-7-20(19)14-18/h4-7,11-13H,8-10,14H2,1-3H3. The summed E-state index contributed by atoms with van der Waals surface area (Å²) < 4.78 is 0. The van der Waals surface area contributed by atoms with Gasteiger partial charge in [-0.2, -0.15) is 0 Å². The zero-order valence-electron chi connectivity index (χ0n) is 14.4. The fraction of sp³-hybridized carbons (Fsp3) is 0.304. The van der Waals surface area contributed by atoms with E-state index in [1.165, 1.54) is 51.8 Å². The molecule has 2 aliphatic carbocycles. The Morgan fingerprint density at radius 1 is 0.870 bits per heavy atom. The highest BCUT2D eigenvalue weighted by molar-refractivity contribution is 5.69. The van der Waals surface area contributed by atoms with Crippen LogP contribution in [-0.2, 0) is 19.3 Å². The molecule has 2 aromatic rings.